The number of nitrogens with one attached hydrogen (secondary N) is 3. The Morgan fingerprint density at radius 3 is 2.37 bits per heavy atom. The average molecular weight is 558 g/mol. The summed E-state index contributed by atoms with van der Waals surface area (Å²) in [6.07, 6.45) is -6.56. The van der Waals surface area contributed by atoms with Crippen LogP contribution < -0.4 is 16.3 Å². The molecule has 0 aliphatic carbocycles. The second kappa shape index (κ2) is 10.2. The van der Waals surface area contributed by atoms with Gasteiger partial charge in [-0.3, -0.25) is 25.4 Å². The number of carbonyl (C=O) groups is 1. The number of hydrogen-bond donors (Lipinski definition) is 3. The van der Waals surface area contributed by atoms with Crippen LogP contribution in [0.4, 0.5) is 26.3 Å². The first-order valence-electron chi connectivity index (χ1n) is 10.8. The summed E-state index contributed by atoms with van der Waals surface area (Å²) in [5, 5.41) is 2.48. The van der Waals surface area contributed by atoms with Gasteiger partial charge >= 0.3 is 12.4 Å². The predicted octanol–water partition coefficient (Wildman–Crippen LogP) is 6.20. The number of amides is 1. The van der Waals surface area contributed by atoms with Gasteiger partial charge in [0.1, 0.15) is 0 Å². The van der Waals surface area contributed by atoms with Gasteiger partial charge in [-0.15, -0.1) is 0 Å². The van der Waals surface area contributed by atoms with Crippen LogP contribution in [0.2, 0.25) is 5.02 Å². The van der Waals surface area contributed by atoms with E-state index in [1.165, 1.54) is 31.6 Å². The third-order valence-electron chi connectivity index (χ3n) is 5.74. The maximum Gasteiger partial charge on any atom is 0.428 e. The number of halogens is 7. The maximum absolute atomic E-state index is 14.4. The highest BCUT2D eigenvalue weighted by atomic mass is 35.5. The molecule has 0 spiro atoms. The van der Waals surface area contributed by atoms with Gasteiger partial charge in [-0.25, -0.2) is 0 Å². The van der Waals surface area contributed by atoms with Crippen molar-refractivity contribution in [3.05, 3.63) is 100 Å². The monoisotopic (exact) mass is 557 g/mol. The summed E-state index contributed by atoms with van der Waals surface area (Å²) in [7, 11) is 1.38. The zero-order valence-electron chi connectivity index (χ0n) is 19.3. The molecule has 13 heteroatoms. The van der Waals surface area contributed by atoms with E-state index in [9.17, 15) is 31.1 Å². The zero-order chi connectivity index (χ0) is 27.7. The van der Waals surface area contributed by atoms with Crippen LogP contribution in [0.15, 0.2) is 73.1 Å². The Labute approximate surface area is 216 Å². The topological polar surface area (TPSA) is 71.6 Å². The lowest BCUT2D eigenvalue weighted by Gasteiger charge is -2.29. The molecular weight excluding hydrogens is 540 g/mol. The smallest absolute Gasteiger partial charge is 0.327 e. The molecule has 0 fully saturated rings. The van der Waals surface area contributed by atoms with Crippen LogP contribution in [-0.4, -0.2) is 19.2 Å². The molecule has 38 heavy (non-hydrogen) atoms. The largest absolute Gasteiger partial charge is 0.428 e. The van der Waals surface area contributed by atoms with Crippen LogP contribution in [0.1, 0.15) is 27.0 Å². The molecule has 3 N–H and O–H groups in total. The van der Waals surface area contributed by atoms with Gasteiger partial charge in [0.05, 0.1) is 23.4 Å². The van der Waals surface area contributed by atoms with E-state index in [0.29, 0.717) is 29.0 Å². The van der Waals surface area contributed by atoms with Crippen molar-refractivity contribution in [3.63, 3.8) is 0 Å². The first kappa shape index (κ1) is 27.3. The quantitative estimate of drug-likeness (QED) is 0.249. The molecule has 1 aliphatic rings. The molecule has 0 bridgehead atoms. The fourth-order valence-electron chi connectivity index (χ4n) is 3.98. The van der Waals surface area contributed by atoms with E-state index in [2.05, 4.69) is 21.1 Å². The van der Waals surface area contributed by atoms with Gasteiger partial charge in [-0.2, -0.15) is 26.3 Å². The zero-order valence-corrected chi connectivity index (χ0v) is 20.1. The molecule has 3 aromatic carbocycles. The minimum Gasteiger partial charge on any atom is -0.327 e. The van der Waals surface area contributed by atoms with Crippen LogP contribution in [-0.2, 0) is 21.5 Å². The van der Waals surface area contributed by atoms with E-state index in [0.717, 1.165) is 6.08 Å². The molecule has 200 valence electrons. The molecule has 0 saturated heterocycles. The third-order valence-corrected chi connectivity index (χ3v) is 6.05. The van der Waals surface area contributed by atoms with E-state index >= 15 is 0 Å². The molecule has 1 heterocycles. The van der Waals surface area contributed by atoms with Crippen molar-refractivity contribution >= 4 is 34.0 Å². The lowest BCUT2D eigenvalue weighted by atomic mass is 9.89. The molecule has 0 aromatic heterocycles. The van der Waals surface area contributed by atoms with Gasteiger partial charge in [0, 0.05) is 29.1 Å². The second-order valence-electron chi connectivity index (χ2n) is 8.02. The van der Waals surface area contributed by atoms with Crippen LogP contribution in [0.25, 0.3) is 16.5 Å². The third kappa shape index (κ3) is 5.02. The Hall–Kier alpha value is -3.74. The molecular formula is C25H18ClF6N3O3. The summed E-state index contributed by atoms with van der Waals surface area (Å²) in [6, 6.07) is 11.1. The minimum absolute atomic E-state index is 0.106. The number of carbonyl (C=O) groups excluding carboxylic acids is 1. The van der Waals surface area contributed by atoms with Crippen molar-refractivity contribution in [2.45, 2.75) is 18.0 Å². The number of hydroxylamine groups is 2. The van der Waals surface area contributed by atoms with Gasteiger partial charge in [0.15, 0.2) is 0 Å². The molecule has 3 aromatic rings. The predicted molar refractivity (Wildman–Crippen MR) is 127 cm³/mol. The van der Waals surface area contributed by atoms with E-state index in [1.54, 1.807) is 24.3 Å². The molecule has 6 nitrogen and oxygen atoms in total. The number of alkyl halides is 6. The fourth-order valence-corrected chi connectivity index (χ4v) is 4.27. The minimum atomic E-state index is -5.08. The molecule has 1 unspecified atom stereocenters. The van der Waals surface area contributed by atoms with Crippen LogP contribution >= 0.6 is 11.6 Å². The Kier molecular flexibility index (Phi) is 7.33. The van der Waals surface area contributed by atoms with Crippen molar-refractivity contribution in [2.75, 3.05) is 7.11 Å². The Bertz CT molecular complexity index is 1440. The summed E-state index contributed by atoms with van der Waals surface area (Å²) in [5.41, 5.74) is 0.00548. The highest BCUT2D eigenvalue weighted by Gasteiger charge is 2.60. The molecule has 0 saturated carbocycles. The van der Waals surface area contributed by atoms with Gasteiger partial charge in [-0.05, 0) is 35.0 Å². The SMILES string of the molecule is CONC=CNC(=O)c1ccc(C2=CC(c3ccc(C(F)(F)F)c(Cl)c3)(C(F)(F)F)ON2)c2ccccc12. The maximum atomic E-state index is 14.4. The Morgan fingerprint density at radius 2 is 1.74 bits per heavy atom. The lowest BCUT2D eigenvalue weighted by molar-refractivity contribution is -0.269. The van der Waals surface area contributed by atoms with Gasteiger partial charge in [0.25, 0.3) is 5.91 Å². The summed E-state index contributed by atoms with van der Waals surface area (Å²) >= 11 is 5.70. The number of fused-ring (bicyclic) bond motifs is 1. The van der Waals surface area contributed by atoms with Gasteiger partial charge in [0.2, 0.25) is 5.60 Å². The number of benzene rings is 3. The number of hydrogen-bond acceptors (Lipinski definition) is 5. The second-order valence-corrected chi connectivity index (χ2v) is 8.43. The first-order chi connectivity index (χ1) is 17.9. The summed E-state index contributed by atoms with van der Waals surface area (Å²) in [4.78, 5) is 22.3. The van der Waals surface area contributed by atoms with Crippen molar-refractivity contribution < 1.29 is 40.8 Å². The highest BCUT2D eigenvalue weighted by molar-refractivity contribution is 6.31. The van der Waals surface area contributed by atoms with E-state index in [1.807, 2.05) is 0 Å². The van der Waals surface area contributed by atoms with Gasteiger partial charge in [-0.1, -0.05) is 48.0 Å². The fraction of sp³-hybridized carbons (Fsp3) is 0.160. The van der Waals surface area contributed by atoms with E-state index in [-0.39, 0.29) is 16.8 Å². The summed E-state index contributed by atoms with van der Waals surface area (Å²) < 4.78 is 82.4. The normalized spacial score (nSPS) is 17.9. The summed E-state index contributed by atoms with van der Waals surface area (Å²) in [5.74, 6) is -0.490. The molecule has 4 rings (SSSR count). The van der Waals surface area contributed by atoms with Crippen LogP contribution in [0, 0.1) is 0 Å². The van der Waals surface area contributed by atoms with Gasteiger partial charge < -0.3 is 5.32 Å². The van der Waals surface area contributed by atoms with Crippen molar-refractivity contribution in [3.8, 4) is 0 Å². The highest BCUT2D eigenvalue weighted by Crippen LogP contribution is 2.49. The Morgan fingerprint density at radius 1 is 1.03 bits per heavy atom. The van der Waals surface area contributed by atoms with Crippen LogP contribution in [0.5, 0.6) is 0 Å². The van der Waals surface area contributed by atoms with Crippen molar-refractivity contribution in [1.82, 2.24) is 16.3 Å². The standard InChI is InChI=1S/C25H18ClF6N3O3/c1-37-34-11-10-33-22(36)18-8-7-17(15-4-2-3-5-16(15)18)21-13-23(38-35-21,25(30,31)32)14-6-9-19(20(26)12-14)24(27,28)29/h2-13,34-35H,1H3,(H,33,36). The molecule has 1 aliphatic heterocycles. The average Bonchev–Trinajstić information content (AvgIpc) is 3.32. The van der Waals surface area contributed by atoms with E-state index < -0.39 is 40.0 Å². The van der Waals surface area contributed by atoms with Crippen molar-refractivity contribution in [1.29, 1.82) is 0 Å². The molecule has 0 radical (unpaired) electrons. The molecule has 1 atom stereocenters. The van der Waals surface area contributed by atoms with Crippen LogP contribution in [0.3, 0.4) is 0 Å². The Balaban J connectivity index is 1.79. The van der Waals surface area contributed by atoms with E-state index in [4.69, 9.17) is 16.4 Å². The summed E-state index contributed by atoms with van der Waals surface area (Å²) in [6.45, 7) is 0. The first-order valence-corrected chi connectivity index (χ1v) is 11.1. The number of rotatable bonds is 6. The molecule has 1 amide bonds. The lowest BCUT2D eigenvalue weighted by Crippen LogP contribution is -2.42. The van der Waals surface area contributed by atoms with Crippen molar-refractivity contribution in [2.24, 2.45) is 0 Å².